The third-order valence-electron chi connectivity index (χ3n) is 3.64. The molecule has 1 unspecified atom stereocenters. The Morgan fingerprint density at radius 1 is 1.40 bits per heavy atom. The van der Waals surface area contributed by atoms with Crippen LogP contribution >= 0.6 is 0 Å². The molecule has 0 amide bonds. The van der Waals surface area contributed by atoms with Crippen LogP contribution in [-0.4, -0.2) is 43.2 Å². The Morgan fingerprint density at radius 3 is 2.70 bits per heavy atom. The van der Waals surface area contributed by atoms with Crippen molar-refractivity contribution in [2.45, 2.75) is 43.6 Å². The Bertz CT molecular complexity index is 789. The molecule has 1 saturated carbocycles. The molecule has 1 aliphatic rings. The van der Waals surface area contributed by atoms with Crippen LogP contribution < -0.4 is 4.74 Å². The maximum atomic E-state index is 11.4. The van der Waals surface area contributed by atoms with Crippen LogP contribution in [0.3, 0.4) is 0 Å². The second-order valence-corrected chi connectivity index (χ2v) is 5.23. The van der Waals surface area contributed by atoms with Crippen molar-refractivity contribution in [2.75, 3.05) is 27.6 Å². The minimum atomic E-state index is -3.02. The van der Waals surface area contributed by atoms with Crippen LogP contribution in [0.2, 0.25) is 0 Å². The van der Waals surface area contributed by atoms with Gasteiger partial charge < -0.3 is 14.7 Å². The van der Waals surface area contributed by atoms with Gasteiger partial charge in [0.05, 0.1) is 22.2 Å². The van der Waals surface area contributed by atoms with Gasteiger partial charge in [-0.1, -0.05) is 31.3 Å². The van der Waals surface area contributed by atoms with E-state index in [1.165, 1.54) is 7.05 Å². The number of likely N-dealkylation sites (N-methyl/N-ethyl adjacent to an activating group) is 1. The largest absolute Gasteiger partial charge is 0.497 e. The molecular formula is C17H27NO2. The van der Waals surface area contributed by atoms with E-state index in [9.17, 15) is 6.48 Å². The van der Waals surface area contributed by atoms with Crippen LogP contribution in [-0.2, 0) is 0 Å². The zero-order chi connectivity index (χ0) is 24.0. The van der Waals surface area contributed by atoms with Crippen LogP contribution in [0.5, 0.6) is 5.75 Å². The predicted molar refractivity (Wildman–Crippen MR) is 82.3 cm³/mol. The molecule has 0 aliphatic heterocycles. The van der Waals surface area contributed by atoms with Crippen LogP contribution in [0.15, 0.2) is 24.2 Å². The number of hydrogen-bond donors (Lipinski definition) is 1. The average molecular weight is 288 g/mol. The van der Waals surface area contributed by atoms with Gasteiger partial charge in [0.2, 0.25) is 0 Å². The van der Waals surface area contributed by atoms with Crippen molar-refractivity contribution < 1.29 is 24.9 Å². The maximum absolute atomic E-state index is 11.4. The first-order chi connectivity index (χ1) is 13.9. The Kier molecular flexibility index (Phi) is 2.10. The Morgan fingerprint density at radius 2 is 2.10 bits per heavy atom. The lowest BCUT2D eigenvalue weighted by Gasteiger charge is -2.40. The molecule has 3 nitrogen and oxygen atoms in total. The molecule has 0 aromatic heterocycles. The fourth-order valence-electron chi connectivity index (χ4n) is 2.64. The summed E-state index contributed by atoms with van der Waals surface area (Å²) in [6, 6.07) is -3.10. The maximum Gasteiger partial charge on any atom is 0.118 e. The average Bonchev–Trinajstić information content (AvgIpc) is 2.62. The monoisotopic (exact) mass is 288 g/mol. The first-order valence-corrected chi connectivity index (χ1v) is 6.68. The summed E-state index contributed by atoms with van der Waals surface area (Å²) in [4.78, 5) is 0.853. The van der Waals surface area contributed by atoms with Gasteiger partial charge in [-0.3, -0.25) is 0 Å². The van der Waals surface area contributed by atoms with Gasteiger partial charge >= 0.3 is 0 Å². The fraction of sp³-hybridized carbons (Fsp3) is 0.647. The van der Waals surface area contributed by atoms with Crippen molar-refractivity contribution in [3.63, 3.8) is 0 Å². The summed E-state index contributed by atoms with van der Waals surface area (Å²) < 4.78 is 91.5. The molecule has 0 radical (unpaired) electrons. The van der Waals surface area contributed by atoms with E-state index in [-0.39, 0.29) is 12.8 Å². The van der Waals surface area contributed by atoms with E-state index in [0.717, 1.165) is 11.3 Å². The standard InChI is InChI=1S/C17H27NO2/c1-18(2)13-16(17(19)11-5-4-6-12-17)14-7-9-15(20-3)10-8-14/h7-10,16,19H,4-6,11-13H2,1-3H3/i1D3,3D3,7D,8D,9D,10D,16D. The minimum absolute atomic E-state index is 0.123. The Hall–Kier alpha value is -1.06. The summed E-state index contributed by atoms with van der Waals surface area (Å²) in [6.45, 7) is -3.21. The highest BCUT2D eigenvalue weighted by molar-refractivity contribution is 5.31. The smallest absolute Gasteiger partial charge is 0.118 e. The van der Waals surface area contributed by atoms with Gasteiger partial charge in [0.1, 0.15) is 5.75 Å². The third-order valence-corrected chi connectivity index (χ3v) is 3.64. The lowest BCUT2D eigenvalue weighted by Crippen LogP contribution is -2.42. The normalized spacial score (nSPS) is 30.6. The first kappa shape index (κ1) is 6.37. The number of rotatable bonds is 5. The van der Waals surface area contributed by atoms with Gasteiger partial charge in [-0.2, -0.15) is 0 Å². The second-order valence-electron chi connectivity index (χ2n) is 5.23. The summed E-state index contributed by atoms with van der Waals surface area (Å²) in [7, 11) is -1.79. The lowest BCUT2D eigenvalue weighted by atomic mass is 9.72. The van der Waals surface area contributed by atoms with Crippen molar-refractivity contribution in [1.29, 1.82) is 0 Å². The van der Waals surface area contributed by atoms with Gasteiger partial charge in [-0.15, -0.1) is 0 Å². The summed E-state index contributed by atoms with van der Waals surface area (Å²) in [5, 5.41) is 11.4. The Labute approximate surface area is 138 Å². The third kappa shape index (κ3) is 3.53. The lowest BCUT2D eigenvalue weighted by molar-refractivity contribution is -0.0277. The molecule has 20 heavy (non-hydrogen) atoms. The molecule has 2 rings (SSSR count). The highest BCUT2D eigenvalue weighted by atomic mass is 16.5. The highest BCUT2D eigenvalue weighted by Crippen LogP contribution is 2.40. The SMILES string of the molecule is [2H]c1c([2H])c(C([2H])(CN(C)C([2H])([2H])[2H])C2(O)CCCCC2)c([2H])c([2H])c1OC([2H])([2H])[2H]. The molecule has 1 aromatic carbocycles. The number of methoxy groups -OCH3 is 1. The van der Waals surface area contributed by atoms with E-state index in [0.29, 0.717) is 12.8 Å². The van der Waals surface area contributed by atoms with Crippen molar-refractivity contribution in [3.8, 4) is 5.75 Å². The molecule has 112 valence electrons. The van der Waals surface area contributed by atoms with Gasteiger partial charge in [-0.25, -0.2) is 0 Å². The quantitative estimate of drug-likeness (QED) is 0.904. The number of hydrogen-bond acceptors (Lipinski definition) is 3. The van der Waals surface area contributed by atoms with Crippen molar-refractivity contribution in [3.05, 3.63) is 29.7 Å². The molecular weight excluding hydrogens is 250 g/mol. The van der Waals surface area contributed by atoms with Gasteiger partial charge in [0.25, 0.3) is 0 Å². The molecule has 1 fully saturated rings. The fourth-order valence-corrected chi connectivity index (χ4v) is 2.64. The molecule has 1 aliphatic carbocycles. The molecule has 1 aromatic rings. The van der Waals surface area contributed by atoms with Crippen molar-refractivity contribution in [2.24, 2.45) is 0 Å². The predicted octanol–water partition coefficient (Wildman–Crippen LogP) is 3.04. The molecule has 0 saturated heterocycles. The molecule has 0 bridgehead atoms. The number of nitrogens with zero attached hydrogens (tertiary/aromatic N) is 1. The number of ether oxygens (including phenoxy) is 1. The van der Waals surface area contributed by atoms with Crippen LogP contribution in [0.1, 0.15) is 58.6 Å². The van der Waals surface area contributed by atoms with E-state index < -0.39 is 67.5 Å². The highest BCUT2D eigenvalue weighted by Gasteiger charge is 2.38. The first-order valence-electron chi connectivity index (χ1n) is 12.2. The van der Waals surface area contributed by atoms with E-state index in [4.69, 9.17) is 13.7 Å². The molecule has 1 atom stereocenters. The Balaban J connectivity index is 2.77. The summed E-state index contributed by atoms with van der Waals surface area (Å²) in [6.07, 6.45) is 2.15. The van der Waals surface area contributed by atoms with E-state index >= 15 is 0 Å². The van der Waals surface area contributed by atoms with Gasteiger partial charge in [0.15, 0.2) is 0 Å². The van der Waals surface area contributed by atoms with Gasteiger partial charge in [-0.05, 0) is 44.5 Å². The molecule has 0 spiro atoms. The van der Waals surface area contributed by atoms with E-state index in [1.807, 2.05) is 0 Å². The topological polar surface area (TPSA) is 32.7 Å². The molecule has 3 heteroatoms. The van der Waals surface area contributed by atoms with Crippen LogP contribution in [0.25, 0.3) is 0 Å². The van der Waals surface area contributed by atoms with Crippen LogP contribution in [0.4, 0.5) is 0 Å². The van der Waals surface area contributed by atoms with Gasteiger partial charge in [0, 0.05) is 17.9 Å². The zero-order valence-corrected chi connectivity index (χ0v) is 11.5. The number of benzene rings is 1. The van der Waals surface area contributed by atoms with Crippen molar-refractivity contribution in [1.82, 2.24) is 4.90 Å². The molecule has 1 N–H and O–H groups in total. The van der Waals surface area contributed by atoms with E-state index in [1.54, 1.807) is 0 Å². The summed E-state index contributed by atoms with van der Waals surface area (Å²) in [5.74, 6) is -3.02. The summed E-state index contributed by atoms with van der Waals surface area (Å²) in [5.41, 5.74) is -2.29. The van der Waals surface area contributed by atoms with Crippen LogP contribution in [0, 0.1) is 0 Å². The van der Waals surface area contributed by atoms with Crippen molar-refractivity contribution >= 4 is 0 Å². The van der Waals surface area contributed by atoms with E-state index in [2.05, 4.69) is 4.74 Å². The second kappa shape index (κ2) is 6.59. The summed E-state index contributed by atoms with van der Waals surface area (Å²) >= 11 is 0. The zero-order valence-electron chi connectivity index (χ0n) is 22.5. The molecule has 0 heterocycles. The number of aliphatic hydroxyl groups is 1. The minimum Gasteiger partial charge on any atom is -0.497 e.